The first-order valence-corrected chi connectivity index (χ1v) is 5.78. The molecule has 0 bridgehead atoms. The molecule has 1 rings (SSSR count). The molecule has 1 unspecified atom stereocenters. The molecule has 0 radical (unpaired) electrons. The smallest absolute Gasteiger partial charge is 0.337 e. The number of carbonyl (C=O) groups excluding carboxylic acids is 1. The van der Waals surface area contributed by atoms with Crippen LogP contribution in [0.15, 0.2) is 18.2 Å². The van der Waals surface area contributed by atoms with E-state index in [1.165, 1.54) is 25.3 Å². The molecule has 0 spiro atoms. The lowest BCUT2D eigenvalue weighted by molar-refractivity contribution is -0.384. The summed E-state index contributed by atoms with van der Waals surface area (Å²) in [6, 6.07) is 3.89. The Morgan fingerprint density at radius 1 is 1.58 bits per heavy atom. The van der Waals surface area contributed by atoms with Gasteiger partial charge in [0.05, 0.1) is 23.7 Å². The Morgan fingerprint density at radius 2 is 2.26 bits per heavy atom. The third-order valence-electron chi connectivity index (χ3n) is 2.61. The number of rotatable bonds is 6. The molecule has 1 aromatic carbocycles. The fourth-order valence-electron chi connectivity index (χ4n) is 1.45. The van der Waals surface area contributed by atoms with Crippen LogP contribution >= 0.6 is 0 Å². The standard InChI is InChI=1S/C12H16N2O5/c1-3-9(15)7-13-10-6-8(12(16)19-2)4-5-11(10)14(17)18/h4-6,9,13,15H,3,7H2,1-2H3. The summed E-state index contributed by atoms with van der Waals surface area (Å²) in [5.41, 5.74) is 0.234. The fraction of sp³-hybridized carbons (Fsp3) is 0.417. The molecule has 19 heavy (non-hydrogen) atoms. The summed E-state index contributed by atoms with van der Waals surface area (Å²) < 4.78 is 4.55. The first-order chi connectivity index (χ1) is 8.99. The Bertz CT molecular complexity index is 475. The van der Waals surface area contributed by atoms with Crippen molar-refractivity contribution < 1.29 is 19.6 Å². The minimum atomic E-state index is -0.610. The van der Waals surface area contributed by atoms with Crippen molar-refractivity contribution in [2.75, 3.05) is 19.0 Å². The first-order valence-electron chi connectivity index (χ1n) is 5.78. The highest BCUT2D eigenvalue weighted by molar-refractivity contribution is 5.91. The highest BCUT2D eigenvalue weighted by atomic mass is 16.6. The maximum absolute atomic E-state index is 11.4. The Morgan fingerprint density at radius 3 is 2.79 bits per heavy atom. The highest BCUT2D eigenvalue weighted by Gasteiger charge is 2.17. The number of ether oxygens (including phenoxy) is 1. The lowest BCUT2D eigenvalue weighted by Gasteiger charge is -2.11. The summed E-state index contributed by atoms with van der Waals surface area (Å²) in [5, 5.41) is 23.1. The van der Waals surface area contributed by atoms with Crippen LogP contribution in [-0.2, 0) is 4.74 Å². The van der Waals surface area contributed by atoms with Crippen LogP contribution in [0, 0.1) is 10.1 Å². The van der Waals surface area contributed by atoms with Gasteiger partial charge in [0, 0.05) is 12.6 Å². The van der Waals surface area contributed by atoms with Gasteiger partial charge in [-0.05, 0) is 18.6 Å². The average molecular weight is 268 g/mol. The van der Waals surface area contributed by atoms with E-state index < -0.39 is 17.0 Å². The monoisotopic (exact) mass is 268 g/mol. The molecule has 1 aromatic rings. The maximum Gasteiger partial charge on any atom is 0.337 e. The van der Waals surface area contributed by atoms with Crippen molar-refractivity contribution >= 4 is 17.3 Å². The molecule has 7 heteroatoms. The van der Waals surface area contributed by atoms with Crippen molar-refractivity contribution in [1.29, 1.82) is 0 Å². The number of hydrogen-bond donors (Lipinski definition) is 2. The van der Waals surface area contributed by atoms with Crippen LogP contribution in [0.3, 0.4) is 0 Å². The second-order valence-electron chi connectivity index (χ2n) is 3.92. The molecule has 0 saturated carbocycles. The van der Waals surface area contributed by atoms with Crippen LogP contribution in [0.1, 0.15) is 23.7 Å². The number of methoxy groups -OCH3 is 1. The number of nitro benzene ring substituents is 1. The van der Waals surface area contributed by atoms with E-state index in [0.717, 1.165) is 0 Å². The van der Waals surface area contributed by atoms with Crippen LogP contribution in [0.2, 0.25) is 0 Å². The zero-order valence-electron chi connectivity index (χ0n) is 10.8. The lowest BCUT2D eigenvalue weighted by Crippen LogP contribution is -2.19. The van der Waals surface area contributed by atoms with Gasteiger partial charge in [0.15, 0.2) is 0 Å². The third kappa shape index (κ3) is 3.92. The first kappa shape index (κ1) is 14.9. The second kappa shape index (κ2) is 6.69. The van der Waals surface area contributed by atoms with Gasteiger partial charge >= 0.3 is 5.97 Å². The Kier molecular flexibility index (Phi) is 5.25. The van der Waals surface area contributed by atoms with Gasteiger partial charge in [-0.1, -0.05) is 6.92 Å². The number of esters is 1. The number of nitrogens with one attached hydrogen (secondary N) is 1. The van der Waals surface area contributed by atoms with Crippen LogP contribution in [-0.4, -0.2) is 35.8 Å². The van der Waals surface area contributed by atoms with E-state index in [4.69, 9.17) is 0 Å². The molecule has 0 aliphatic carbocycles. The predicted molar refractivity (Wildman–Crippen MR) is 69.2 cm³/mol. The van der Waals surface area contributed by atoms with E-state index in [2.05, 4.69) is 10.1 Å². The molecular weight excluding hydrogens is 252 g/mol. The Labute approximate surface area is 110 Å². The van der Waals surface area contributed by atoms with Crippen molar-refractivity contribution in [2.45, 2.75) is 19.4 Å². The normalized spacial score (nSPS) is 11.7. The second-order valence-corrected chi connectivity index (χ2v) is 3.92. The van der Waals surface area contributed by atoms with Gasteiger partial charge in [-0.25, -0.2) is 4.79 Å². The largest absolute Gasteiger partial charge is 0.465 e. The van der Waals surface area contributed by atoms with E-state index in [0.29, 0.717) is 6.42 Å². The van der Waals surface area contributed by atoms with Gasteiger partial charge in [0.1, 0.15) is 5.69 Å². The van der Waals surface area contributed by atoms with Crippen molar-refractivity contribution in [3.63, 3.8) is 0 Å². The number of aliphatic hydroxyl groups excluding tert-OH is 1. The number of carbonyl (C=O) groups is 1. The molecule has 0 aliphatic rings. The topological polar surface area (TPSA) is 102 Å². The summed E-state index contributed by atoms with van der Waals surface area (Å²) in [4.78, 5) is 21.7. The van der Waals surface area contributed by atoms with Gasteiger partial charge in [0.25, 0.3) is 5.69 Å². The number of nitrogens with zero attached hydrogens (tertiary/aromatic N) is 1. The van der Waals surface area contributed by atoms with Gasteiger partial charge in [-0.2, -0.15) is 0 Å². The van der Waals surface area contributed by atoms with E-state index in [9.17, 15) is 20.0 Å². The number of anilines is 1. The van der Waals surface area contributed by atoms with Crippen molar-refractivity contribution in [3.8, 4) is 0 Å². The molecule has 0 amide bonds. The van der Waals surface area contributed by atoms with Crippen LogP contribution in [0.4, 0.5) is 11.4 Å². The lowest BCUT2D eigenvalue weighted by atomic mass is 10.1. The molecule has 0 heterocycles. The van der Waals surface area contributed by atoms with E-state index in [-0.39, 0.29) is 23.5 Å². The van der Waals surface area contributed by atoms with Crippen LogP contribution < -0.4 is 5.32 Å². The molecular formula is C12H16N2O5. The quantitative estimate of drug-likeness (QED) is 0.461. The fourth-order valence-corrected chi connectivity index (χ4v) is 1.45. The number of aliphatic hydroxyl groups is 1. The van der Waals surface area contributed by atoms with Gasteiger partial charge < -0.3 is 15.2 Å². The molecule has 0 saturated heterocycles. The molecule has 104 valence electrons. The molecule has 7 nitrogen and oxygen atoms in total. The van der Waals surface area contributed by atoms with E-state index in [1.807, 2.05) is 0 Å². The van der Waals surface area contributed by atoms with Crippen molar-refractivity contribution in [3.05, 3.63) is 33.9 Å². The Hall–Kier alpha value is -2.15. The summed E-state index contributed by atoms with van der Waals surface area (Å²) >= 11 is 0. The summed E-state index contributed by atoms with van der Waals surface area (Å²) in [7, 11) is 1.23. The Balaban J connectivity index is 3.01. The SMILES string of the molecule is CCC(O)CNc1cc(C(=O)OC)ccc1[N+](=O)[O-]. The summed E-state index contributed by atoms with van der Waals surface area (Å²) in [5.74, 6) is -0.575. The summed E-state index contributed by atoms with van der Waals surface area (Å²) in [6.45, 7) is 1.97. The van der Waals surface area contributed by atoms with Crippen molar-refractivity contribution in [1.82, 2.24) is 0 Å². The van der Waals surface area contributed by atoms with Gasteiger partial charge in [-0.15, -0.1) is 0 Å². The average Bonchev–Trinajstić information content (AvgIpc) is 2.43. The number of benzene rings is 1. The van der Waals surface area contributed by atoms with Crippen LogP contribution in [0.25, 0.3) is 0 Å². The third-order valence-corrected chi connectivity index (χ3v) is 2.61. The molecule has 0 aliphatic heterocycles. The number of nitro groups is 1. The minimum absolute atomic E-state index is 0.157. The summed E-state index contributed by atoms with van der Waals surface area (Å²) in [6.07, 6.45) is -0.0845. The predicted octanol–water partition coefficient (Wildman–Crippen LogP) is 1.56. The molecule has 0 aromatic heterocycles. The van der Waals surface area contributed by atoms with Crippen molar-refractivity contribution in [2.24, 2.45) is 0 Å². The van der Waals surface area contributed by atoms with E-state index >= 15 is 0 Å². The molecule has 1 atom stereocenters. The van der Waals surface area contributed by atoms with Gasteiger partial charge in [-0.3, -0.25) is 10.1 Å². The number of hydrogen-bond acceptors (Lipinski definition) is 6. The van der Waals surface area contributed by atoms with Gasteiger partial charge in [0.2, 0.25) is 0 Å². The highest BCUT2D eigenvalue weighted by Crippen LogP contribution is 2.25. The molecule has 2 N–H and O–H groups in total. The molecule has 0 fully saturated rings. The zero-order valence-corrected chi connectivity index (χ0v) is 10.8. The maximum atomic E-state index is 11.4. The minimum Gasteiger partial charge on any atom is -0.465 e. The zero-order chi connectivity index (χ0) is 14.4. The van der Waals surface area contributed by atoms with E-state index in [1.54, 1.807) is 6.92 Å². The van der Waals surface area contributed by atoms with Crippen LogP contribution in [0.5, 0.6) is 0 Å².